The van der Waals surface area contributed by atoms with Crippen molar-refractivity contribution < 1.29 is 5.11 Å². The van der Waals surface area contributed by atoms with Gasteiger partial charge < -0.3 is 5.11 Å². The first-order valence-electron chi connectivity index (χ1n) is 8.47. The van der Waals surface area contributed by atoms with Crippen molar-refractivity contribution in [3.8, 4) is 11.8 Å². The predicted octanol–water partition coefficient (Wildman–Crippen LogP) is 6.44. The molecule has 0 fully saturated rings. The second-order valence-corrected chi connectivity index (χ2v) is 11.1. The van der Waals surface area contributed by atoms with Crippen LogP contribution in [0.2, 0.25) is 0 Å². The highest BCUT2D eigenvalue weighted by molar-refractivity contribution is 14.1. The lowest BCUT2D eigenvalue weighted by Crippen LogP contribution is -2.26. The number of phenolic OH excluding ortho intramolecular Hbond substituents is 1. The largest absolute Gasteiger partial charge is 0.506 e. The number of fused-ring (bicyclic) bond motifs is 1. The van der Waals surface area contributed by atoms with Crippen LogP contribution in [0, 0.1) is 29.8 Å². The van der Waals surface area contributed by atoms with Gasteiger partial charge in [0, 0.05) is 11.1 Å². The predicted molar refractivity (Wildman–Crippen MR) is 125 cm³/mol. The van der Waals surface area contributed by atoms with Gasteiger partial charge in [-0.1, -0.05) is 20.8 Å². The molecule has 0 radical (unpaired) electrons. The van der Waals surface area contributed by atoms with Crippen LogP contribution in [0.4, 0.5) is 5.00 Å². The molecule has 3 nitrogen and oxygen atoms in total. The molecule has 6 heteroatoms. The number of halogens is 2. The molecule has 1 aromatic heterocycles. The number of nitrogens with zero attached hydrogens (tertiary/aromatic N) is 2. The van der Waals surface area contributed by atoms with Crippen molar-refractivity contribution in [2.45, 2.75) is 40.0 Å². The van der Waals surface area contributed by atoms with Gasteiger partial charge in [0.2, 0.25) is 0 Å². The van der Waals surface area contributed by atoms with Gasteiger partial charge in [0.1, 0.15) is 16.8 Å². The molecule has 1 N–H and O–H groups in total. The van der Waals surface area contributed by atoms with Crippen LogP contribution in [0.5, 0.6) is 5.75 Å². The van der Waals surface area contributed by atoms with Gasteiger partial charge in [0.05, 0.1) is 12.7 Å². The Morgan fingerprint density at radius 3 is 2.54 bits per heavy atom. The summed E-state index contributed by atoms with van der Waals surface area (Å²) in [6.07, 6.45) is 4.95. The molecule has 0 bridgehead atoms. The van der Waals surface area contributed by atoms with E-state index in [-0.39, 0.29) is 5.41 Å². The first-order valence-corrected chi connectivity index (χ1v) is 11.4. The zero-order valence-electron chi connectivity index (χ0n) is 14.9. The Hall–Kier alpha value is -0.660. The summed E-state index contributed by atoms with van der Waals surface area (Å²) in [4.78, 5) is 5.96. The quantitative estimate of drug-likeness (QED) is 0.324. The van der Waals surface area contributed by atoms with Crippen molar-refractivity contribution in [2.75, 3.05) is 0 Å². The van der Waals surface area contributed by atoms with Crippen LogP contribution in [0.15, 0.2) is 17.1 Å². The monoisotopic (exact) mass is 590 g/mol. The molecule has 0 amide bonds. The maximum Gasteiger partial charge on any atom is 0.142 e. The summed E-state index contributed by atoms with van der Waals surface area (Å²) < 4.78 is 1.60. The minimum absolute atomic E-state index is 0.289. The van der Waals surface area contributed by atoms with E-state index in [0.29, 0.717) is 11.7 Å². The first kappa shape index (κ1) is 20.1. The van der Waals surface area contributed by atoms with E-state index in [0.717, 1.165) is 42.5 Å². The molecule has 0 saturated carbocycles. The zero-order chi connectivity index (χ0) is 19.1. The number of nitriles is 1. The second-order valence-electron chi connectivity index (χ2n) is 7.69. The summed E-state index contributed by atoms with van der Waals surface area (Å²) in [6, 6.07) is 6.18. The number of benzene rings is 1. The molecule has 0 saturated heterocycles. The smallest absolute Gasteiger partial charge is 0.142 e. The van der Waals surface area contributed by atoms with E-state index < -0.39 is 0 Å². The van der Waals surface area contributed by atoms with E-state index in [2.05, 4.69) is 77.0 Å². The van der Waals surface area contributed by atoms with Crippen molar-refractivity contribution in [1.82, 2.24) is 0 Å². The Balaban J connectivity index is 1.93. The van der Waals surface area contributed by atoms with Crippen LogP contribution in [0.25, 0.3) is 0 Å². The highest BCUT2D eigenvalue weighted by Gasteiger charge is 2.32. The van der Waals surface area contributed by atoms with Crippen LogP contribution in [-0.4, -0.2) is 11.3 Å². The number of hydrogen-bond donors (Lipinski definition) is 1. The molecule has 1 atom stereocenters. The number of aromatic hydroxyl groups is 1. The SMILES string of the molecule is CC(C)(C)[C@@H]1CCc2c(sc(N=Cc3cc(I)c(O)c(I)c3)c2C#N)C1. The summed E-state index contributed by atoms with van der Waals surface area (Å²) >= 11 is 5.90. The Morgan fingerprint density at radius 2 is 1.96 bits per heavy atom. The number of thiophene rings is 1. The van der Waals surface area contributed by atoms with E-state index in [1.165, 1.54) is 10.4 Å². The molecule has 2 aromatic rings. The maximum absolute atomic E-state index is 9.90. The highest BCUT2D eigenvalue weighted by Crippen LogP contribution is 2.44. The van der Waals surface area contributed by atoms with E-state index in [9.17, 15) is 10.4 Å². The third-order valence-electron chi connectivity index (χ3n) is 4.95. The standard InChI is InChI=1S/C20H20I2N2OS/c1-20(2,3)12-4-5-13-14(9-23)19(26-17(13)8-12)24-10-11-6-15(21)18(25)16(22)7-11/h6-7,10,12,25H,4-5,8H2,1-3H3/t12-/m1/s1. The number of hydrogen-bond acceptors (Lipinski definition) is 4. The third-order valence-corrected chi connectivity index (χ3v) is 7.76. The average molecular weight is 590 g/mol. The molecule has 1 aliphatic carbocycles. The molecule has 0 aliphatic heterocycles. The molecule has 0 unspecified atom stereocenters. The molecule has 1 aromatic carbocycles. The maximum atomic E-state index is 9.90. The third kappa shape index (κ3) is 4.09. The van der Waals surface area contributed by atoms with Gasteiger partial charge in [0.25, 0.3) is 0 Å². The lowest BCUT2D eigenvalue weighted by molar-refractivity contribution is 0.218. The van der Waals surface area contributed by atoms with E-state index in [1.807, 2.05) is 12.1 Å². The van der Waals surface area contributed by atoms with Crippen molar-refractivity contribution in [2.24, 2.45) is 16.3 Å². The van der Waals surface area contributed by atoms with Gasteiger partial charge in [-0.2, -0.15) is 5.26 Å². The van der Waals surface area contributed by atoms with Crippen molar-refractivity contribution >= 4 is 67.7 Å². The summed E-state index contributed by atoms with van der Waals surface area (Å²) in [5, 5.41) is 20.4. The number of rotatable bonds is 2. The molecule has 136 valence electrons. The highest BCUT2D eigenvalue weighted by atomic mass is 127. The number of phenols is 1. The fraction of sp³-hybridized carbons (Fsp3) is 0.400. The Kier molecular flexibility index (Phi) is 5.99. The normalized spacial score (nSPS) is 17.3. The van der Waals surface area contributed by atoms with Gasteiger partial charge in [-0.3, -0.25) is 0 Å². The zero-order valence-corrected chi connectivity index (χ0v) is 20.1. The summed E-state index contributed by atoms with van der Waals surface area (Å²) in [5.74, 6) is 0.957. The fourth-order valence-electron chi connectivity index (χ4n) is 3.31. The molecule has 1 heterocycles. The topological polar surface area (TPSA) is 56.4 Å². The van der Waals surface area contributed by atoms with Crippen LogP contribution in [-0.2, 0) is 12.8 Å². The van der Waals surface area contributed by atoms with E-state index >= 15 is 0 Å². The minimum atomic E-state index is 0.289. The Labute approximate surface area is 185 Å². The summed E-state index contributed by atoms with van der Waals surface area (Å²) in [6.45, 7) is 6.90. The van der Waals surface area contributed by atoms with Crippen molar-refractivity contribution in [3.63, 3.8) is 0 Å². The van der Waals surface area contributed by atoms with Crippen LogP contribution in [0.3, 0.4) is 0 Å². The summed E-state index contributed by atoms with van der Waals surface area (Å²) in [5.41, 5.74) is 3.17. The van der Waals surface area contributed by atoms with Gasteiger partial charge in [-0.05, 0) is 99.0 Å². The van der Waals surface area contributed by atoms with Crippen molar-refractivity contribution in [3.05, 3.63) is 40.8 Å². The molecule has 0 spiro atoms. The lowest BCUT2D eigenvalue weighted by atomic mass is 9.72. The minimum Gasteiger partial charge on any atom is -0.506 e. The number of aliphatic imine (C=N–C) groups is 1. The molecular weight excluding hydrogens is 570 g/mol. The van der Waals surface area contributed by atoms with Crippen molar-refractivity contribution in [1.29, 1.82) is 5.26 Å². The van der Waals surface area contributed by atoms with Crippen LogP contribution >= 0.6 is 56.5 Å². The van der Waals surface area contributed by atoms with Gasteiger partial charge in [-0.25, -0.2) is 4.99 Å². The molecule has 1 aliphatic rings. The van der Waals surface area contributed by atoms with Crippen LogP contribution < -0.4 is 0 Å². The second kappa shape index (κ2) is 7.76. The van der Waals surface area contributed by atoms with Gasteiger partial charge in [0.15, 0.2) is 0 Å². The van der Waals surface area contributed by atoms with Gasteiger partial charge in [-0.15, -0.1) is 11.3 Å². The van der Waals surface area contributed by atoms with E-state index in [4.69, 9.17) is 0 Å². The van der Waals surface area contributed by atoms with Crippen LogP contribution in [0.1, 0.15) is 48.8 Å². The molecule has 26 heavy (non-hydrogen) atoms. The first-order chi connectivity index (χ1) is 12.2. The average Bonchev–Trinajstić information content (AvgIpc) is 2.93. The lowest BCUT2D eigenvalue weighted by Gasteiger charge is -2.33. The van der Waals surface area contributed by atoms with E-state index in [1.54, 1.807) is 17.6 Å². The Bertz CT molecular complexity index is 896. The molecular formula is C20H20I2N2OS. The summed E-state index contributed by atoms with van der Waals surface area (Å²) in [7, 11) is 0. The Morgan fingerprint density at radius 1 is 1.31 bits per heavy atom. The fourth-order valence-corrected chi connectivity index (χ4v) is 6.35. The molecule has 3 rings (SSSR count). The van der Waals surface area contributed by atoms with Gasteiger partial charge >= 0.3 is 0 Å².